The van der Waals surface area contributed by atoms with E-state index in [2.05, 4.69) is 33.0 Å². The highest BCUT2D eigenvalue weighted by Gasteiger charge is 2.28. The number of rotatable bonds is 4. The molecule has 5 rings (SSSR count). The highest BCUT2D eigenvalue weighted by atomic mass is 32.1. The monoisotopic (exact) mass is 421 g/mol. The Morgan fingerprint density at radius 1 is 1.03 bits per heavy atom. The molecule has 2 aliphatic rings. The van der Waals surface area contributed by atoms with E-state index in [4.69, 9.17) is 4.98 Å². The summed E-state index contributed by atoms with van der Waals surface area (Å²) in [6.45, 7) is 5.68. The molecule has 2 aliphatic heterocycles. The van der Waals surface area contributed by atoms with Crippen molar-refractivity contribution in [2.45, 2.75) is 18.8 Å². The van der Waals surface area contributed by atoms with E-state index < -0.39 is 0 Å². The minimum atomic E-state index is 0.251. The minimum Gasteiger partial charge on any atom is -0.353 e. The summed E-state index contributed by atoms with van der Waals surface area (Å²) in [5.41, 5.74) is 1.09. The van der Waals surface area contributed by atoms with Gasteiger partial charge in [0, 0.05) is 44.8 Å². The van der Waals surface area contributed by atoms with Gasteiger partial charge in [0.05, 0.1) is 21.8 Å². The summed E-state index contributed by atoms with van der Waals surface area (Å²) in [5, 5.41) is 1.22. The molecular formula is C23H27N5OS. The highest BCUT2D eigenvalue weighted by molar-refractivity contribution is 7.18. The standard InChI is InChI=1S/C23H27N5OS/c29-22(28-14-12-27(13-15-28)21-9-3-4-10-24-21)17-26-11-5-6-18(16-26)23-25-19-7-1-2-8-20(19)30-23/h1-4,7-10,18H,5-6,11-17H2/t18-/m1/s1. The van der Waals surface area contributed by atoms with E-state index in [0.717, 1.165) is 63.4 Å². The van der Waals surface area contributed by atoms with Gasteiger partial charge in [0.25, 0.3) is 0 Å². The number of benzene rings is 1. The van der Waals surface area contributed by atoms with Gasteiger partial charge in [-0.15, -0.1) is 11.3 Å². The summed E-state index contributed by atoms with van der Waals surface area (Å²) in [5.74, 6) is 1.69. The van der Waals surface area contributed by atoms with Crippen LogP contribution in [-0.2, 0) is 4.79 Å². The molecule has 2 fully saturated rings. The Bertz CT molecular complexity index is 966. The normalized spacial score (nSPS) is 20.6. The van der Waals surface area contributed by atoms with Crippen LogP contribution in [-0.4, -0.2) is 71.5 Å². The predicted octanol–water partition coefficient (Wildman–Crippen LogP) is 3.22. The second-order valence-electron chi connectivity index (χ2n) is 8.15. The lowest BCUT2D eigenvalue weighted by Gasteiger charge is -2.37. The smallest absolute Gasteiger partial charge is 0.236 e. The average Bonchev–Trinajstić information content (AvgIpc) is 3.24. The zero-order valence-corrected chi connectivity index (χ0v) is 17.9. The molecule has 30 heavy (non-hydrogen) atoms. The first-order chi connectivity index (χ1) is 14.8. The molecule has 0 saturated carbocycles. The number of anilines is 1. The Morgan fingerprint density at radius 2 is 1.87 bits per heavy atom. The molecule has 1 aromatic carbocycles. The molecular weight excluding hydrogens is 394 g/mol. The van der Waals surface area contributed by atoms with Gasteiger partial charge in [-0.25, -0.2) is 9.97 Å². The average molecular weight is 422 g/mol. The van der Waals surface area contributed by atoms with Crippen LogP contribution in [0.2, 0.25) is 0 Å². The van der Waals surface area contributed by atoms with Crippen LogP contribution in [0.5, 0.6) is 0 Å². The number of pyridine rings is 1. The molecule has 1 atom stereocenters. The number of piperazine rings is 1. The third kappa shape index (κ3) is 4.18. The minimum absolute atomic E-state index is 0.251. The molecule has 0 spiro atoms. The molecule has 0 radical (unpaired) electrons. The van der Waals surface area contributed by atoms with Crippen LogP contribution in [0.15, 0.2) is 48.7 Å². The summed E-state index contributed by atoms with van der Waals surface area (Å²) in [7, 11) is 0. The van der Waals surface area contributed by atoms with Gasteiger partial charge in [-0.3, -0.25) is 9.69 Å². The summed E-state index contributed by atoms with van der Waals surface area (Å²) >= 11 is 1.81. The van der Waals surface area contributed by atoms with Gasteiger partial charge in [-0.05, 0) is 43.7 Å². The first kappa shape index (κ1) is 19.5. The SMILES string of the molecule is O=C(CN1CCC[C@@H](c2nc3ccccc3s2)C1)N1CCN(c2ccccn2)CC1. The van der Waals surface area contributed by atoms with E-state index in [9.17, 15) is 4.79 Å². The van der Waals surface area contributed by atoms with Crippen molar-refractivity contribution in [1.29, 1.82) is 0 Å². The largest absolute Gasteiger partial charge is 0.353 e. The van der Waals surface area contributed by atoms with Crippen LogP contribution in [0.4, 0.5) is 5.82 Å². The maximum absolute atomic E-state index is 12.9. The molecule has 3 aromatic rings. The van der Waals surface area contributed by atoms with E-state index in [1.54, 1.807) is 11.3 Å². The van der Waals surface area contributed by atoms with E-state index >= 15 is 0 Å². The molecule has 2 aromatic heterocycles. The Labute approximate surface area is 181 Å². The van der Waals surface area contributed by atoms with Crippen LogP contribution in [0, 0.1) is 0 Å². The number of carbonyl (C=O) groups excluding carboxylic acids is 1. The van der Waals surface area contributed by atoms with E-state index in [1.807, 2.05) is 35.4 Å². The highest BCUT2D eigenvalue weighted by Crippen LogP contribution is 2.32. The van der Waals surface area contributed by atoms with E-state index in [0.29, 0.717) is 12.5 Å². The third-order valence-corrected chi connectivity index (χ3v) is 7.33. The topological polar surface area (TPSA) is 52.6 Å². The zero-order valence-electron chi connectivity index (χ0n) is 17.1. The van der Waals surface area contributed by atoms with Gasteiger partial charge < -0.3 is 9.80 Å². The Hall–Kier alpha value is -2.51. The zero-order chi connectivity index (χ0) is 20.3. The van der Waals surface area contributed by atoms with E-state index in [-0.39, 0.29) is 5.91 Å². The van der Waals surface area contributed by atoms with Gasteiger partial charge in [0.1, 0.15) is 5.82 Å². The third-order valence-electron chi connectivity index (χ3n) is 6.13. The van der Waals surface area contributed by atoms with Crippen molar-refractivity contribution in [3.05, 3.63) is 53.7 Å². The molecule has 0 bridgehead atoms. The van der Waals surface area contributed by atoms with Crippen molar-refractivity contribution in [2.24, 2.45) is 0 Å². The van der Waals surface area contributed by atoms with Crippen LogP contribution in [0.3, 0.4) is 0 Å². The number of aromatic nitrogens is 2. The first-order valence-electron chi connectivity index (χ1n) is 10.8. The Balaban J connectivity index is 1.16. The second kappa shape index (κ2) is 8.70. The van der Waals surface area contributed by atoms with Gasteiger partial charge in [0.2, 0.25) is 5.91 Å². The molecule has 1 amide bonds. The number of piperidine rings is 1. The molecule has 6 nitrogen and oxygen atoms in total. The molecule has 4 heterocycles. The molecule has 7 heteroatoms. The summed E-state index contributed by atoms with van der Waals surface area (Å²) in [4.78, 5) is 28.8. The number of hydrogen-bond donors (Lipinski definition) is 0. The molecule has 156 valence electrons. The number of amides is 1. The number of hydrogen-bond acceptors (Lipinski definition) is 6. The number of para-hydroxylation sites is 1. The lowest BCUT2D eigenvalue weighted by molar-refractivity contribution is -0.133. The molecule has 0 unspecified atom stereocenters. The van der Waals surface area contributed by atoms with Gasteiger partial charge in [0.15, 0.2) is 0 Å². The first-order valence-corrected chi connectivity index (χ1v) is 11.6. The van der Waals surface area contributed by atoms with Crippen molar-refractivity contribution >= 4 is 33.3 Å². The number of nitrogens with zero attached hydrogens (tertiary/aromatic N) is 5. The van der Waals surface area contributed by atoms with Crippen LogP contribution < -0.4 is 4.90 Å². The maximum atomic E-state index is 12.9. The van der Waals surface area contributed by atoms with Crippen molar-refractivity contribution in [1.82, 2.24) is 19.8 Å². The summed E-state index contributed by atoms with van der Waals surface area (Å²) in [6, 6.07) is 14.3. The van der Waals surface area contributed by atoms with Crippen LogP contribution >= 0.6 is 11.3 Å². The van der Waals surface area contributed by atoms with Crippen molar-refractivity contribution in [3.8, 4) is 0 Å². The lowest BCUT2D eigenvalue weighted by Crippen LogP contribution is -2.52. The van der Waals surface area contributed by atoms with E-state index in [1.165, 1.54) is 9.71 Å². The fourth-order valence-electron chi connectivity index (χ4n) is 4.48. The fraction of sp³-hybridized carbons (Fsp3) is 0.435. The molecule has 2 saturated heterocycles. The molecule has 0 N–H and O–H groups in total. The number of likely N-dealkylation sites (tertiary alicyclic amines) is 1. The predicted molar refractivity (Wildman–Crippen MR) is 121 cm³/mol. The van der Waals surface area contributed by atoms with Gasteiger partial charge in [-0.2, -0.15) is 0 Å². The summed E-state index contributed by atoms with van der Waals surface area (Å²) < 4.78 is 1.26. The fourth-order valence-corrected chi connectivity index (χ4v) is 5.58. The van der Waals surface area contributed by atoms with Gasteiger partial charge in [-0.1, -0.05) is 18.2 Å². The number of fused-ring (bicyclic) bond motifs is 1. The Kier molecular flexibility index (Phi) is 5.64. The van der Waals surface area contributed by atoms with Crippen molar-refractivity contribution in [3.63, 3.8) is 0 Å². The van der Waals surface area contributed by atoms with Crippen molar-refractivity contribution < 1.29 is 4.79 Å². The Morgan fingerprint density at radius 3 is 2.67 bits per heavy atom. The maximum Gasteiger partial charge on any atom is 0.236 e. The quantitative estimate of drug-likeness (QED) is 0.647. The number of carbonyl (C=O) groups is 1. The number of thiazole rings is 1. The van der Waals surface area contributed by atoms with Gasteiger partial charge >= 0.3 is 0 Å². The summed E-state index contributed by atoms with van der Waals surface area (Å²) in [6.07, 6.45) is 4.11. The lowest BCUT2D eigenvalue weighted by atomic mass is 9.98. The molecule has 0 aliphatic carbocycles. The van der Waals surface area contributed by atoms with Crippen LogP contribution in [0.25, 0.3) is 10.2 Å². The second-order valence-corrected chi connectivity index (χ2v) is 9.21. The van der Waals surface area contributed by atoms with Crippen LogP contribution in [0.1, 0.15) is 23.8 Å². The van der Waals surface area contributed by atoms with Crippen molar-refractivity contribution in [2.75, 3.05) is 50.7 Å².